The molecule has 0 N–H and O–H groups in total. The molecule has 0 bridgehead atoms. The highest BCUT2D eigenvalue weighted by Gasteiger charge is 2.25. The number of aromatic nitrogens is 2. The van der Waals surface area contributed by atoms with Crippen molar-refractivity contribution in [1.29, 1.82) is 0 Å². The average Bonchev–Trinajstić information content (AvgIpc) is 3.41. The van der Waals surface area contributed by atoms with Gasteiger partial charge in [0.25, 0.3) is 5.91 Å². The molecule has 158 valence electrons. The van der Waals surface area contributed by atoms with Crippen LogP contribution in [0.25, 0.3) is 17.0 Å². The van der Waals surface area contributed by atoms with Crippen LogP contribution in [0.2, 0.25) is 5.02 Å². The minimum Gasteiger partial charge on any atom is -0.451 e. The summed E-state index contributed by atoms with van der Waals surface area (Å²) in [6, 6.07) is 13.2. The van der Waals surface area contributed by atoms with E-state index in [0.29, 0.717) is 29.6 Å². The van der Waals surface area contributed by atoms with E-state index in [4.69, 9.17) is 16.0 Å². The first-order valence-electron chi connectivity index (χ1n) is 10.1. The van der Waals surface area contributed by atoms with Crippen molar-refractivity contribution in [2.75, 3.05) is 26.2 Å². The molecule has 8 heteroatoms. The molecule has 0 spiro atoms. The molecule has 1 aromatic carbocycles. The minimum atomic E-state index is -0.308. The summed E-state index contributed by atoms with van der Waals surface area (Å²) in [7, 11) is 0. The first-order chi connectivity index (χ1) is 15.0. The molecule has 0 aliphatic carbocycles. The summed E-state index contributed by atoms with van der Waals surface area (Å²) < 4.78 is 20.8. The quantitative estimate of drug-likeness (QED) is 0.475. The third-order valence-electron chi connectivity index (χ3n) is 5.46. The van der Waals surface area contributed by atoms with Crippen LogP contribution in [0.15, 0.2) is 65.3 Å². The molecular weight excluding hydrogens is 419 g/mol. The van der Waals surface area contributed by atoms with Crippen LogP contribution in [0.3, 0.4) is 0 Å². The monoisotopic (exact) mass is 438 g/mol. The van der Waals surface area contributed by atoms with Crippen molar-refractivity contribution >= 4 is 23.2 Å². The van der Waals surface area contributed by atoms with Gasteiger partial charge in [-0.2, -0.15) is 0 Å². The van der Waals surface area contributed by atoms with Gasteiger partial charge >= 0.3 is 0 Å². The number of imidazole rings is 1. The highest BCUT2D eigenvalue weighted by Crippen LogP contribution is 2.23. The molecule has 1 amide bonds. The standard InChI is InChI=1S/C23H20ClFN4O2/c24-17-3-8-22-26-19(15-29(22)13-17)14-27-9-11-28(12-10-27)23(30)21-7-6-20(31-21)16-1-4-18(25)5-2-16/h1-8,13,15H,9-12,14H2. The molecular formula is C23H20ClFN4O2. The van der Waals surface area contributed by atoms with Crippen LogP contribution in [-0.2, 0) is 6.54 Å². The Kier molecular flexibility index (Phi) is 5.21. The van der Waals surface area contributed by atoms with Crippen molar-refractivity contribution in [2.24, 2.45) is 0 Å². The van der Waals surface area contributed by atoms with Crippen molar-refractivity contribution in [3.8, 4) is 11.3 Å². The number of benzene rings is 1. The van der Waals surface area contributed by atoms with E-state index >= 15 is 0 Å². The van der Waals surface area contributed by atoms with E-state index in [1.54, 1.807) is 29.2 Å². The van der Waals surface area contributed by atoms with Crippen molar-refractivity contribution in [3.05, 3.63) is 83.2 Å². The second kappa shape index (κ2) is 8.17. The molecule has 0 radical (unpaired) electrons. The molecule has 3 aromatic heterocycles. The van der Waals surface area contributed by atoms with Crippen molar-refractivity contribution in [3.63, 3.8) is 0 Å². The maximum atomic E-state index is 13.1. The Hall–Kier alpha value is -3.16. The number of halogens is 2. The molecule has 0 saturated carbocycles. The summed E-state index contributed by atoms with van der Waals surface area (Å²) in [6.45, 7) is 3.46. The lowest BCUT2D eigenvalue weighted by Crippen LogP contribution is -2.48. The van der Waals surface area contributed by atoms with Crippen LogP contribution in [0, 0.1) is 5.82 Å². The maximum absolute atomic E-state index is 13.1. The Labute approximate surface area is 183 Å². The Bertz CT molecular complexity index is 1230. The minimum absolute atomic E-state index is 0.129. The molecule has 1 aliphatic rings. The second-order valence-electron chi connectivity index (χ2n) is 7.58. The Balaban J connectivity index is 1.20. The Morgan fingerprint density at radius 2 is 1.77 bits per heavy atom. The summed E-state index contributed by atoms with van der Waals surface area (Å²) in [5.74, 6) is 0.409. The lowest BCUT2D eigenvalue weighted by atomic mass is 10.2. The Morgan fingerprint density at radius 1 is 1.00 bits per heavy atom. The molecule has 1 fully saturated rings. The number of furan rings is 1. The smallest absolute Gasteiger partial charge is 0.289 e. The number of hydrogen-bond acceptors (Lipinski definition) is 4. The molecule has 0 unspecified atom stereocenters. The summed E-state index contributed by atoms with van der Waals surface area (Å²) >= 11 is 6.04. The topological polar surface area (TPSA) is 54.0 Å². The van der Waals surface area contributed by atoms with E-state index < -0.39 is 0 Å². The third kappa shape index (κ3) is 4.19. The van der Waals surface area contributed by atoms with E-state index in [2.05, 4.69) is 9.88 Å². The van der Waals surface area contributed by atoms with Gasteiger partial charge < -0.3 is 13.7 Å². The number of hydrogen-bond donors (Lipinski definition) is 0. The van der Waals surface area contributed by atoms with Gasteiger partial charge in [-0.3, -0.25) is 9.69 Å². The van der Waals surface area contributed by atoms with E-state index in [9.17, 15) is 9.18 Å². The fourth-order valence-electron chi connectivity index (χ4n) is 3.81. The van der Waals surface area contributed by atoms with Gasteiger partial charge in [0.2, 0.25) is 0 Å². The zero-order valence-electron chi connectivity index (χ0n) is 16.7. The maximum Gasteiger partial charge on any atom is 0.289 e. The van der Waals surface area contributed by atoms with Crippen LogP contribution in [0.1, 0.15) is 16.2 Å². The molecule has 4 aromatic rings. The first kappa shape index (κ1) is 19.8. The number of carbonyl (C=O) groups is 1. The van der Waals surface area contributed by atoms with Crippen LogP contribution in [-0.4, -0.2) is 51.3 Å². The van der Waals surface area contributed by atoms with Crippen molar-refractivity contribution in [1.82, 2.24) is 19.2 Å². The highest BCUT2D eigenvalue weighted by molar-refractivity contribution is 6.30. The fraction of sp³-hybridized carbons (Fsp3) is 0.217. The second-order valence-corrected chi connectivity index (χ2v) is 8.02. The fourth-order valence-corrected chi connectivity index (χ4v) is 3.98. The number of nitrogens with zero attached hydrogens (tertiary/aromatic N) is 4. The van der Waals surface area contributed by atoms with Crippen LogP contribution < -0.4 is 0 Å². The largest absolute Gasteiger partial charge is 0.451 e. The zero-order chi connectivity index (χ0) is 21.4. The highest BCUT2D eigenvalue weighted by atomic mass is 35.5. The number of fused-ring (bicyclic) bond motifs is 1. The molecule has 5 rings (SSSR count). The van der Waals surface area contributed by atoms with E-state index in [-0.39, 0.29) is 11.7 Å². The van der Waals surface area contributed by atoms with Gasteiger partial charge in [-0.25, -0.2) is 9.37 Å². The summed E-state index contributed by atoms with van der Waals surface area (Å²) in [6.07, 6.45) is 3.83. The predicted molar refractivity (Wildman–Crippen MR) is 115 cm³/mol. The number of rotatable bonds is 4. The van der Waals surface area contributed by atoms with Crippen LogP contribution in [0.5, 0.6) is 0 Å². The first-order valence-corrected chi connectivity index (χ1v) is 10.4. The lowest BCUT2D eigenvalue weighted by molar-refractivity contribution is 0.0597. The average molecular weight is 439 g/mol. The van der Waals surface area contributed by atoms with Crippen molar-refractivity contribution in [2.45, 2.75) is 6.54 Å². The number of pyridine rings is 1. The molecule has 1 aliphatic heterocycles. The lowest BCUT2D eigenvalue weighted by Gasteiger charge is -2.33. The molecule has 31 heavy (non-hydrogen) atoms. The summed E-state index contributed by atoms with van der Waals surface area (Å²) in [5, 5.41) is 0.670. The molecule has 1 saturated heterocycles. The van der Waals surface area contributed by atoms with Gasteiger partial charge in [-0.05, 0) is 48.5 Å². The van der Waals surface area contributed by atoms with E-state index in [0.717, 1.165) is 36.5 Å². The third-order valence-corrected chi connectivity index (χ3v) is 5.68. The van der Waals surface area contributed by atoms with Gasteiger partial charge in [0.15, 0.2) is 5.76 Å². The summed E-state index contributed by atoms with van der Waals surface area (Å²) in [4.78, 5) is 21.5. The summed E-state index contributed by atoms with van der Waals surface area (Å²) in [5.41, 5.74) is 2.57. The normalized spacial score (nSPS) is 15.0. The van der Waals surface area contributed by atoms with Gasteiger partial charge in [0.1, 0.15) is 17.2 Å². The molecule has 6 nitrogen and oxygen atoms in total. The van der Waals surface area contributed by atoms with Crippen LogP contribution in [0.4, 0.5) is 4.39 Å². The van der Waals surface area contributed by atoms with E-state index in [1.807, 2.05) is 28.9 Å². The van der Waals surface area contributed by atoms with Crippen LogP contribution >= 0.6 is 11.6 Å². The number of amides is 1. The van der Waals surface area contributed by atoms with Gasteiger partial charge in [0.05, 0.1) is 10.7 Å². The van der Waals surface area contributed by atoms with Crippen molar-refractivity contribution < 1.29 is 13.6 Å². The molecule has 0 atom stereocenters. The zero-order valence-corrected chi connectivity index (χ0v) is 17.4. The Morgan fingerprint density at radius 3 is 2.55 bits per heavy atom. The number of piperazine rings is 1. The van der Waals surface area contributed by atoms with Gasteiger partial charge in [-0.1, -0.05) is 11.6 Å². The van der Waals surface area contributed by atoms with Gasteiger partial charge in [0, 0.05) is 50.7 Å². The SMILES string of the molecule is O=C(c1ccc(-c2ccc(F)cc2)o1)N1CCN(Cc2cn3cc(Cl)ccc3n2)CC1. The van der Waals surface area contributed by atoms with E-state index in [1.165, 1.54) is 12.1 Å². The molecule has 4 heterocycles. The van der Waals surface area contributed by atoms with Gasteiger partial charge in [-0.15, -0.1) is 0 Å². The number of carbonyl (C=O) groups excluding carboxylic acids is 1. The predicted octanol–water partition coefficient (Wildman–Crippen LogP) is 4.34.